The summed E-state index contributed by atoms with van der Waals surface area (Å²) in [6.45, 7) is 0. The smallest absolute Gasteiger partial charge is 0.273 e. The van der Waals surface area contributed by atoms with Gasteiger partial charge in [0.1, 0.15) is 5.82 Å². The fourth-order valence-electron chi connectivity index (χ4n) is 1.65. The SMILES string of the molecule is O=C(CCS(=O)(=O)c1ccc(F)cc1)NNC(=O)c1cccs1. The fourth-order valence-corrected chi connectivity index (χ4v) is 3.50. The van der Waals surface area contributed by atoms with Crippen LogP contribution in [-0.2, 0) is 14.6 Å². The van der Waals surface area contributed by atoms with Crippen LogP contribution >= 0.6 is 11.3 Å². The minimum atomic E-state index is -3.69. The highest BCUT2D eigenvalue weighted by Gasteiger charge is 2.17. The van der Waals surface area contributed by atoms with Gasteiger partial charge in [-0.15, -0.1) is 11.3 Å². The first-order valence-electron chi connectivity index (χ1n) is 6.49. The van der Waals surface area contributed by atoms with Gasteiger partial charge in [-0.25, -0.2) is 12.8 Å². The Hall–Kier alpha value is -2.26. The monoisotopic (exact) mass is 356 g/mol. The summed E-state index contributed by atoms with van der Waals surface area (Å²) in [5.41, 5.74) is 4.34. The number of sulfone groups is 1. The second-order valence-electron chi connectivity index (χ2n) is 4.50. The number of amides is 2. The highest BCUT2D eigenvalue weighted by molar-refractivity contribution is 7.91. The molecule has 0 aliphatic rings. The quantitative estimate of drug-likeness (QED) is 0.627. The van der Waals surface area contributed by atoms with Gasteiger partial charge in [-0.1, -0.05) is 6.07 Å². The number of rotatable bonds is 5. The third-order valence-corrected chi connectivity index (χ3v) is 5.43. The Morgan fingerprint density at radius 1 is 1.09 bits per heavy atom. The number of nitrogens with one attached hydrogen (secondary N) is 2. The van der Waals surface area contributed by atoms with Crippen LogP contribution in [0, 0.1) is 5.82 Å². The molecule has 0 atom stereocenters. The molecule has 2 aromatic rings. The fraction of sp³-hybridized carbons (Fsp3) is 0.143. The summed E-state index contributed by atoms with van der Waals surface area (Å²) in [7, 11) is -3.69. The van der Waals surface area contributed by atoms with Gasteiger partial charge in [0.05, 0.1) is 15.5 Å². The Morgan fingerprint density at radius 3 is 2.39 bits per heavy atom. The lowest BCUT2D eigenvalue weighted by Crippen LogP contribution is -2.41. The number of benzene rings is 1. The van der Waals surface area contributed by atoms with Crippen molar-refractivity contribution in [1.82, 2.24) is 10.9 Å². The second kappa shape index (κ2) is 7.34. The molecule has 23 heavy (non-hydrogen) atoms. The van der Waals surface area contributed by atoms with E-state index in [2.05, 4.69) is 10.9 Å². The van der Waals surface area contributed by atoms with E-state index in [0.717, 1.165) is 24.3 Å². The molecule has 1 heterocycles. The van der Waals surface area contributed by atoms with Crippen molar-refractivity contribution in [2.45, 2.75) is 11.3 Å². The van der Waals surface area contributed by atoms with E-state index in [1.54, 1.807) is 17.5 Å². The van der Waals surface area contributed by atoms with E-state index < -0.39 is 33.2 Å². The van der Waals surface area contributed by atoms with Crippen molar-refractivity contribution in [2.75, 3.05) is 5.75 Å². The van der Waals surface area contributed by atoms with E-state index in [0.29, 0.717) is 4.88 Å². The van der Waals surface area contributed by atoms with Gasteiger partial charge < -0.3 is 0 Å². The molecule has 6 nitrogen and oxygen atoms in total. The third-order valence-electron chi connectivity index (χ3n) is 2.83. The van der Waals surface area contributed by atoms with Crippen LogP contribution < -0.4 is 10.9 Å². The summed E-state index contributed by atoms with van der Waals surface area (Å²) in [5, 5.41) is 1.71. The number of thiophene rings is 1. The van der Waals surface area contributed by atoms with Gasteiger partial charge in [0.2, 0.25) is 5.91 Å². The minimum absolute atomic E-state index is 0.0608. The maximum Gasteiger partial charge on any atom is 0.279 e. The predicted molar refractivity (Wildman–Crippen MR) is 83.0 cm³/mol. The van der Waals surface area contributed by atoms with E-state index in [1.807, 2.05) is 0 Å². The number of carbonyl (C=O) groups excluding carboxylic acids is 2. The lowest BCUT2D eigenvalue weighted by Gasteiger charge is -2.07. The van der Waals surface area contributed by atoms with Crippen LogP contribution in [0.2, 0.25) is 0 Å². The molecule has 0 aliphatic carbocycles. The van der Waals surface area contributed by atoms with Crippen LogP contribution in [0.25, 0.3) is 0 Å². The summed E-state index contributed by atoms with van der Waals surface area (Å²) < 4.78 is 36.8. The highest BCUT2D eigenvalue weighted by atomic mass is 32.2. The average molecular weight is 356 g/mol. The van der Waals surface area contributed by atoms with E-state index in [1.165, 1.54) is 11.3 Å². The molecule has 0 aliphatic heterocycles. The van der Waals surface area contributed by atoms with Crippen molar-refractivity contribution in [3.05, 3.63) is 52.5 Å². The van der Waals surface area contributed by atoms with Crippen LogP contribution in [0.15, 0.2) is 46.7 Å². The molecule has 0 bridgehead atoms. The molecular weight excluding hydrogens is 343 g/mol. The first kappa shape index (κ1) is 17.1. The molecule has 2 amide bonds. The van der Waals surface area contributed by atoms with Crippen molar-refractivity contribution < 1.29 is 22.4 Å². The molecule has 2 N–H and O–H groups in total. The second-order valence-corrected chi connectivity index (χ2v) is 7.56. The Morgan fingerprint density at radius 2 is 1.78 bits per heavy atom. The molecule has 122 valence electrons. The Labute approximate surface area is 136 Å². The molecule has 0 saturated heterocycles. The van der Waals surface area contributed by atoms with E-state index in [9.17, 15) is 22.4 Å². The van der Waals surface area contributed by atoms with E-state index >= 15 is 0 Å². The maximum absolute atomic E-state index is 12.8. The van der Waals surface area contributed by atoms with Crippen LogP contribution in [0.1, 0.15) is 16.1 Å². The van der Waals surface area contributed by atoms with Gasteiger partial charge in [-0.3, -0.25) is 20.4 Å². The lowest BCUT2D eigenvalue weighted by molar-refractivity contribution is -0.121. The first-order chi connectivity index (χ1) is 10.9. The van der Waals surface area contributed by atoms with Crippen molar-refractivity contribution in [1.29, 1.82) is 0 Å². The van der Waals surface area contributed by atoms with E-state index in [4.69, 9.17) is 0 Å². The summed E-state index contributed by atoms with van der Waals surface area (Å²) in [4.78, 5) is 23.6. The zero-order valence-corrected chi connectivity index (χ0v) is 13.4. The molecule has 1 aromatic carbocycles. The van der Waals surface area contributed by atoms with Crippen molar-refractivity contribution in [3.63, 3.8) is 0 Å². The molecule has 0 radical (unpaired) electrons. The largest absolute Gasteiger partial charge is 0.279 e. The Bertz CT molecular complexity index is 787. The van der Waals surface area contributed by atoms with Gasteiger partial charge in [0.25, 0.3) is 5.91 Å². The Balaban J connectivity index is 1.84. The molecule has 0 unspecified atom stereocenters. The number of halogens is 1. The third kappa shape index (κ3) is 4.86. The van der Waals surface area contributed by atoms with Crippen molar-refractivity contribution in [3.8, 4) is 0 Å². The number of carbonyl (C=O) groups is 2. The summed E-state index contributed by atoms with van der Waals surface area (Å²) >= 11 is 1.21. The van der Waals surface area contributed by atoms with E-state index in [-0.39, 0.29) is 11.3 Å². The summed E-state index contributed by atoms with van der Waals surface area (Å²) in [6, 6.07) is 7.63. The van der Waals surface area contributed by atoms with Gasteiger partial charge in [0.15, 0.2) is 9.84 Å². The van der Waals surface area contributed by atoms with Crippen LogP contribution in [-0.4, -0.2) is 26.0 Å². The minimum Gasteiger partial charge on any atom is -0.273 e. The molecule has 1 aromatic heterocycles. The van der Waals surface area contributed by atoms with Crippen LogP contribution in [0.3, 0.4) is 0 Å². The van der Waals surface area contributed by atoms with Gasteiger partial charge in [0, 0.05) is 6.42 Å². The van der Waals surface area contributed by atoms with Crippen molar-refractivity contribution in [2.24, 2.45) is 0 Å². The molecule has 2 rings (SSSR count). The standard InChI is InChI=1S/C14H13FN2O4S2/c15-10-3-5-11(6-4-10)23(20,21)9-7-13(18)16-17-14(19)12-2-1-8-22-12/h1-6,8H,7,9H2,(H,16,18)(H,17,19). The number of hydrogen-bond donors (Lipinski definition) is 2. The normalized spacial score (nSPS) is 11.0. The summed E-state index contributed by atoms with van der Waals surface area (Å²) in [6.07, 6.45) is -0.329. The first-order valence-corrected chi connectivity index (χ1v) is 9.03. The Kier molecular flexibility index (Phi) is 5.45. The molecule has 0 saturated carbocycles. The maximum atomic E-state index is 12.8. The summed E-state index contributed by atoms with van der Waals surface area (Å²) in [5.74, 6) is -2.10. The number of hydrogen-bond acceptors (Lipinski definition) is 5. The van der Waals surface area contributed by atoms with Gasteiger partial charge in [-0.2, -0.15) is 0 Å². The lowest BCUT2D eigenvalue weighted by atomic mass is 10.4. The zero-order valence-electron chi connectivity index (χ0n) is 11.8. The molecule has 9 heteroatoms. The van der Waals surface area contributed by atoms with Crippen molar-refractivity contribution >= 4 is 33.0 Å². The zero-order chi connectivity index (χ0) is 16.9. The highest BCUT2D eigenvalue weighted by Crippen LogP contribution is 2.12. The van der Waals surface area contributed by atoms with Crippen LogP contribution in [0.5, 0.6) is 0 Å². The molecule has 0 spiro atoms. The predicted octanol–water partition coefficient (Wildman–Crippen LogP) is 1.51. The van der Waals surface area contributed by atoms with Gasteiger partial charge >= 0.3 is 0 Å². The number of hydrazine groups is 1. The molecular formula is C14H13FN2O4S2. The molecule has 0 fully saturated rings. The van der Waals surface area contributed by atoms with Gasteiger partial charge in [-0.05, 0) is 35.7 Å². The topological polar surface area (TPSA) is 92.3 Å². The average Bonchev–Trinajstić information content (AvgIpc) is 3.05. The van der Waals surface area contributed by atoms with Crippen LogP contribution in [0.4, 0.5) is 4.39 Å².